The summed E-state index contributed by atoms with van der Waals surface area (Å²) < 4.78 is 5.01. The number of rotatable bonds is 2. The van der Waals surface area contributed by atoms with Gasteiger partial charge in [0.15, 0.2) is 5.60 Å². The fourth-order valence-corrected chi connectivity index (χ4v) is 1.83. The Balaban J connectivity index is 2.34. The van der Waals surface area contributed by atoms with E-state index in [1.54, 1.807) is 19.1 Å². The summed E-state index contributed by atoms with van der Waals surface area (Å²) in [6.45, 7) is 1.55. The third kappa shape index (κ3) is 3.11. The first-order valence-corrected chi connectivity index (χ1v) is 6.21. The number of phenols is 1. The lowest BCUT2D eigenvalue weighted by Gasteiger charge is -2.18. The Labute approximate surface area is 118 Å². The van der Waals surface area contributed by atoms with E-state index in [-0.39, 0.29) is 5.75 Å². The molecule has 0 aliphatic heterocycles. The summed E-state index contributed by atoms with van der Waals surface area (Å²) in [6.07, 6.45) is 0. The van der Waals surface area contributed by atoms with Gasteiger partial charge in [-0.2, -0.15) is 0 Å². The summed E-state index contributed by atoms with van der Waals surface area (Å²) in [5.74, 6) is 6.15. The van der Waals surface area contributed by atoms with Crippen LogP contribution in [-0.2, 0) is 5.60 Å². The second-order valence-corrected chi connectivity index (χ2v) is 4.57. The molecule has 102 valence electrons. The predicted octanol–water partition coefficient (Wildman–Crippen LogP) is 2.66. The average Bonchev–Trinajstić information content (AvgIpc) is 2.46. The molecule has 3 nitrogen and oxygen atoms in total. The summed E-state index contributed by atoms with van der Waals surface area (Å²) in [6, 6.07) is 14.1. The number of phenolic OH excluding ortho intramolecular Hbond substituents is 1. The lowest BCUT2D eigenvalue weighted by molar-refractivity contribution is 0.119. The molecule has 0 aromatic heterocycles. The van der Waals surface area contributed by atoms with Crippen LogP contribution in [0.5, 0.6) is 11.5 Å². The molecule has 0 aliphatic carbocycles. The van der Waals surface area contributed by atoms with Gasteiger partial charge in [0.05, 0.1) is 7.11 Å². The van der Waals surface area contributed by atoms with Crippen molar-refractivity contribution in [2.45, 2.75) is 12.5 Å². The van der Waals surface area contributed by atoms with Crippen molar-refractivity contribution >= 4 is 0 Å². The van der Waals surface area contributed by atoms with Crippen LogP contribution in [0.2, 0.25) is 0 Å². The van der Waals surface area contributed by atoms with Crippen molar-refractivity contribution in [3.05, 3.63) is 59.7 Å². The summed E-state index contributed by atoms with van der Waals surface area (Å²) in [7, 11) is 1.52. The van der Waals surface area contributed by atoms with E-state index in [1.165, 1.54) is 13.2 Å². The molecule has 1 atom stereocenters. The van der Waals surface area contributed by atoms with Gasteiger partial charge in [-0.05, 0) is 31.2 Å². The molecule has 3 heteroatoms. The van der Waals surface area contributed by atoms with E-state index in [9.17, 15) is 10.2 Å². The third-order valence-electron chi connectivity index (χ3n) is 2.95. The molecular formula is C17H16O3. The van der Waals surface area contributed by atoms with Crippen molar-refractivity contribution in [3.63, 3.8) is 0 Å². The van der Waals surface area contributed by atoms with Crippen molar-refractivity contribution in [2.75, 3.05) is 7.11 Å². The van der Waals surface area contributed by atoms with Gasteiger partial charge in [0, 0.05) is 17.2 Å². The standard InChI is InChI=1S/C17H16O3/c1-17(19,11-10-13-6-4-3-5-7-13)15-9-8-14(20-2)12-16(15)18/h3-9,12,18-19H,1-2H3. The molecule has 0 saturated carbocycles. The van der Waals surface area contributed by atoms with Crippen molar-refractivity contribution in [1.82, 2.24) is 0 Å². The molecule has 0 amide bonds. The minimum absolute atomic E-state index is 0.0447. The highest BCUT2D eigenvalue weighted by atomic mass is 16.5. The number of methoxy groups -OCH3 is 1. The van der Waals surface area contributed by atoms with E-state index in [4.69, 9.17) is 4.74 Å². The van der Waals surface area contributed by atoms with Gasteiger partial charge in [0.25, 0.3) is 0 Å². The fourth-order valence-electron chi connectivity index (χ4n) is 1.83. The number of hydrogen-bond donors (Lipinski definition) is 2. The number of aliphatic hydroxyl groups is 1. The van der Waals surface area contributed by atoms with Gasteiger partial charge in [-0.15, -0.1) is 0 Å². The molecule has 2 aromatic carbocycles. The van der Waals surface area contributed by atoms with Gasteiger partial charge in [0.2, 0.25) is 0 Å². The summed E-state index contributed by atoms with van der Waals surface area (Å²) in [4.78, 5) is 0. The summed E-state index contributed by atoms with van der Waals surface area (Å²) in [5, 5.41) is 20.4. The van der Waals surface area contributed by atoms with Crippen LogP contribution in [-0.4, -0.2) is 17.3 Å². The second-order valence-electron chi connectivity index (χ2n) is 4.57. The maximum atomic E-state index is 10.4. The molecular weight excluding hydrogens is 252 g/mol. The minimum Gasteiger partial charge on any atom is -0.507 e. The Hall–Kier alpha value is -2.44. The molecule has 20 heavy (non-hydrogen) atoms. The van der Waals surface area contributed by atoms with Crippen LogP contribution in [0.3, 0.4) is 0 Å². The van der Waals surface area contributed by atoms with Crippen molar-refractivity contribution in [2.24, 2.45) is 0 Å². The SMILES string of the molecule is COc1ccc(C(C)(O)C#Cc2ccccc2)c(O)c1. The van der Waals surface area contributed by atoms with Gasteiger partial charge in [-0.25, -0.2) is 0 Å². The number of benzene rings is 2. The van der Waals surface area contributed by atoms with Gasteiger partial charge in [-0.1, -0.05) is 30.0 Å². The Bertz CT molecular complexity index is 649. The molecule has 0 bridgehead atoms. The maximum Gasteiger partial charge on any atom is 0.152 e. The molecule has 1 unspecified atom stereocenters. The number of ether oxygens (including phenoxy) is 1. The zero-order valence-electron chi connectivity index (χ0n) is 11.4. The largest absolute Gasteiger partial charge is 0.507 e. The van der Waals surface area contributed by atoms with Crippen LogP contribution in [0.4, 0.5) is 0 Å². The number of aromatic hydroxyl groups is 1. The summed E-state index contributed by atoms with van der Waals surface area (Å²) >= 11 is 0. The molecule has 0 spiro atoms. The first-order valence-electron chi connectivity index (χ1n) is 6.21. The molecule has 0 fully saturated rings. The van der Waals surface area contributed by atoms with Crippen LogP contribution in [0.15, 0.2) is 48.5 Å². The van der Waals surface area contributed by atoms with E-state index in [0.29, 0.717) is 11.3 Å². The van der Waals surface area contributed by atoms with Crippen LogP contribution >= 0.6 is 0 Å². The lowest BCUT2D eigenvalue weighted by Crippen LogP contribution is -2.18. The lowest BCUT2D eigenvalue weighted by atomic mass is 9.95. The van der Waals surface area contributed by atoms with E-state index < -0.39 is 5.60 Å². The highest BCUT2D eigenvalue weighted by molar-refractivity contribution is 5.47. The van der Waals surface area contributed by atoms with E-state index >= 15 is 0 Å². The Morgan fingerprint density at radius 1 is 1.10 bits per heavy atom. The molecule has 0 aliphatic rings. The van der Waals surface area contributed by atoms with Crippen molar-refractivity contribution in [1.29, 1.82) is 0 Å². The van der Waals surface area contributed by atoms with Crippen LogP contribution in [0.25, 0.3) is 0 Å². The normalized spacial score (nSPS) is 12.9. The fraction of sp³-hybridized carbons (Fsp3) is 0.176. The molecule has 0 heterocycles. The highest BCUT2D eigenvalue weighted by Gasteiger charge is 2.24. The van der Waals surface area contributed by atoms with Crippen LogP contribution < -0.4 is 4.74 Å². The first kappa shape index (κ1) is 14.0. The van der Waals surface area contributed by atoms with Crippen LogP contribution in [0, 0.1) is 11.8 Å². The Morgan fingerprint density at radius 3 is 2.40 bits per heavy atom. The molecule has 0 saturated heterocycles. The Kier molecular flexibility index (Phi) is 3.97. The average molecular weight is 268 g/mol. The monoisotopic (exact) mass is 268 g/mol. The van der Waals surface area contributed by atoms with Crippen molar-refractivity contribution < 1.29 is 14.9 Å². The van der Waals surface area contributed by atoms with E-state index in [2.05, 4.69) is 11.8 Å². The summed E-state index contributed by atoms with van der Waals surface area (Å²) in [5.41, 5.74) is -0.283. The Morgan fingerprint density at radius 2 is 1.80 bits per heavy atom. The zero-order valence-corrected chi connectivity index (χ0v) is 11.4. The third-order valence-corrected chi connectivity index (χ3v) is 2.95. The second kappa shape index (κ2) is 5.68. The molecule has 0 radical (unpaired) electrons. The minimum atomic E-state index is -1.44. The predicted molar refractivity (Wildman–Crippen MR) is 77.5 cm³/mol. The quantitative estimate of drug-likeness (QED) is 0.823. The van der Waals surface area contributed by atoms with Gasteiger partial charge >= 0.3 is 0 Å². The molecule has 2 aromatic rings. The zero-order chi connectivity index (χ0) is 14.6. The van der Waals surface area contributed by atoms with Gasteiger partial charge in [0.1, 0.15) is 11.5 Å². The van der Waals surface area contributed by atoms with Crippen LogP contribution in [0.1, 0.15) is 18.1 Å². The van der Waals surface area contributed by atoms with Gasteiger partial charge < -0.3 is 14.9 Å². The smallest absolute Gasteiger partial charge is 0.152 e. The van der Waals surface area contributed by atoms with Crippen molar-refractivity contribution in [3.8, 4) is 23.3 Å². The molecule has 2 rings (SSSR count). The van der Waals surface area contributed by atoms with Gasteiger partial charge in [-0.3, -0.25) is 0 Å². The number of hydrogen-bond acceptors (Lipinski definition) is 3. The molecule has 2 N–H and O–H groups in total. The van der Waals surface area contributed by atoms with E-state index in [0.717, 1.165) is 5.56 Å². The van der Waals surface area contributed by atoms with E-state index in [1.807, 2.05) is 30.3 Å². The first-order chi connectivity index (χ1) is 9.53. The highest BCUT2D eigenvalue weighted by Crippen LogP contribution is 2.31. The topological polar surface area (TPSA) is 49.7 Å². The maximum absolute atomic E-state index is 10.4.